The number of benzene rings is 1. The van der Waals surface area contributed by atoms with E-state index in [2.05, 4.69) is 50.4 Å². The molecule has 3 fully saturated rings. The van der Waals surface area contributed by atoms with E-state index < -0.39 is 36.3 Å². The van der Waals surface area contributed by atoms with Crippen molar-refractivity contribution in [2.75, 3.05) is 27.8 Å². The van der Waals surface area contributed by atoms with Crippen molar-refractivity contribution in [1.29, 1.82) is 0 Å². The second-order valence-corrected chi connectivity index (χ2v) is 16.3. The molecule has 2 bridgehead atoms. The molecule has 2 aliphatic heterocycles. The predicted molar refractivity (Wildman–Crippen MR) is 206 cm³/mol. The SMILES string of the molecule is CC[C@H](C)[C@@H]([C@H](CC(=O)N1CCC[C@H]1[C@H](OC)[C@@H](C)C(=O)N[C@@H](Cc1ccccc1)c1nn[nH]n1)OC)N(C)C(=O)[C@@H](NC(=O)[C@H]1N[C@@H]2CC[C@H]1C2)C(C)C. The molecule has 55 heavy (non-hydrogen) atoms. The third-order valence-corrected chi connectivity index (χ3v) is 12.4. The number of H-pyrrole nitrogens is 1. The molecule has 1 aliphatic carbocycles. The number of nitrogens with zero attached hydrogens (tertiary/aromatic N) is 5. The third kappa shape index (κ3) is 9.90. The van der Waals surface area contributed by atoms with Crippen LogP contribution in [-0.2, 0) is 35.1 Å². The quantitative estimate of drug-likeness (QED) is 0.166. The highest BCUT2D eigenvalue weighted by Crippen LogP contribution is 2.35. The molecule has 0 radical (unpaired) electrons. The molecular formula is C40H63N9O6. The molecule has 0 unspecified atom stereocenters. The number of ether oxygens (including phenoxy) is 2. The molecular weight excluding hydrogens is 702 g/mol. The molecule has 1 saturated carbocycles. The number of hydrogen-bond acceptors (Lipinski definition) is 10. The lowest BCUT2D eigenvalue weighted by molar-refractivity contribution is -0.147. The topological polar surface area (TPSA) is 184 Å². The number of likely N-dealkylation sites (N-methyl/N-ethyl adjacent to an activating group) is 1. The Morgan fingerprint density at radius 3 is 2.35 bits per heavy atom. The Morgan fingerprint density at radius 2 is 1.76 bits per heavy atom. The maximum Gasteiger partial charge on any atom is 0.245 e. The Kier molecular flexibility index (Phi) is 14.8. The van der Waals surface area contributed by atoms with Gasteiger partial charge in [-0.25, -0.2) is 0 Å². The fourth-order valence-electron chi connectivity index (χ4n) is 9.11. The van der Waals surface area contributed by atoms with E-state index in [1.54, 1.807) is 26.2 Å². The number of carbonyl (C=O) groups is 4. The van der Waals surface area contributed by atoms with Gasteiger partial charge < -0.3 is 35.2 Å². The Morgan fingerprint density at radius 1 is 1.02 bits per heavy atom. The predicted octanol–water partition coefficient (Wildman–Crippen LogP) is 2.80. The molecule has 3 heterocycles. The molecule has 2 aromatic rings. The molecule has 3 aliphatic rings. The summed E-state index contributed by atoms with van der Waals surface area (Å²) in [5.41, 5.74) is 1.01. The van der Waals surface area contributed by atoms with E-state index >= 15 is 0 Å². The molecule has 2 saturated heterocycles. The number of hydrogen-bond donors (Lipinski definition) is 4. The van der Waals surface area contributed by atoms with Crippen molar-refractivity contribution in [3.8, 4) is 0 Å². The van der Waals surface area contributed by atoms with E-state index in [4.69, 9.17) is 9.47 Å². The zero-order chi connectivity index (χ0) is 39.8. The van der Waals surface area contributed by atoms with Crippen molar-refractivity contribution in [1.82, 2.24) is 46.4 Å². The minimum atomic E-state index is -0.719. The fourth-order valence-corrected chi connectivity index (χ4v) is 9.11. The molecule has 304 valence electrons. The van der Waals surface area contributed by atoms with E-state index in [0.717, 1.165) is 37.7 Å². The summed E-state index contributed by atoms with van der Waals surface area (Å²) in [6.45, 7) is 10.3. The number of piperidine rings is 1. The summed E-state index contributed by atoms with van der Waals surface area (Å²) in [5.74, 6) is -0.763. The number of aromatic amines is 1. The number of aromatic nitrogens is 4. The van der Waals surface area contributed by atoms with Crippen molar-refractivity contribution in [3.05, 3.63) is 41.7 Å². The Balaban J connectivity index is 1.26. The van der Waals surface area contributed by atoms with Gasteiger partial charge in [-0.3, -0.25) is 19.2 Å². The van der Waals surface area contributed by atoms with Gasteiger partial charge >= 0.3 is 0 Å². The van der Waals surface area contributed by atoms with Crippen LogP contribution >= 0.6 is 0 Å². The van der Waals surface area contributed by atoms with Crippen molar-refractivity contribution < 1.29 is 28.7 Å². The monoisotopic (exact) mass is 765 g/mol. The summed E-state index contributed by atoms with van der Waals surface area (Å²) in [7, 11) is 4.91. The van der Waals surface area contributed by atoms with Gasteiger partial charge in [0.1, 0.15) is 6.04 Å². The van der Waals surface area contributed by atoms with Crippen LogP contribution in [0.5, 0.6) is 0 Å². The highest BCUT2D eigenvalue weighted by Gasteiger charge is 2.46. The van der Waals surface area contributed by atoms with Crippen molar-refractivity contribution in [2.45, 2.75) is 134 Å². The number of amides is 4. The highest BCUT2D eigenvalue weighted by atomic mass is 16.5. The van der Waals surface area contributed by atoms with Crippen LogP contribution in [0.1, 0.15) is 97.0 Å². The molecule has 0 spiro atoms. The van der Waals surface area contributed by atoms with Gasteiger partial charge in [0.15, 0.2) is 5.82 Å². The van der Waals surface area contributed by atoms with Crippen LogP contribution in [0.3, 0.4) is 0 Å². The maximum atomic E-state index is 14.3. The third-order valence-electron chi connectivity index (χ3n) is 12.4. The fraction of sp³-hybridized carbons (Fsp3) is 0.725. The summed E-state index contributed by atoms with van der Waals surface area (Å²) in [5, 5.41) is 24.1. The molecule has 1 aromatic carbocycles. The van der Waals surface area contributed by atoms with Crippen molar-refractivity contribution in [3.63, 3.8) is 0 Å². The van der Waals surface area contributed by atoms with Gasteiger partial charge in [0.2, 0.25) is 23.6 Å². The lowest BCUT2D eigenvalue weighted by Crippen LogP contribution is -2.59. The van der Waals surface area contributed by atoms with Crippen LogP contribution in [-0.4, -0.2) is 124 Å². The van der Waals surface area contributed by atoms with Crippen LogP contribution < -0.4 is 16.0 Å². The molecule has 5 rings (SSSR count). The molecule has 4 N–H and O–H groups in total. The number of rotatable bonds is 19. The Labute approximate surface area is 325 Å². The second kappa shape index (κ2) is 19.3. The first kappa shape index (κ1) is 42.2. The number of likely N-dealkylation sites (tertiary alicyclic amines) is 1. The summed E-state index contributed by atoms with van der Waals surface area (Å²) in [6.07, 6.45) is 4.65. The van der Waals surface area contributed by atoms with Gasteiger partial charge in [0, 0.05) is 40.3 Å². The van der Waals surface area contributed by atoms with Gasteiger partial charge in [0.25, 0.3) is 0 Å². The van der Waals surface area contributed by atoms with E-state index in [1.165, 1.54) is 0 Å². The van der Waals surface area contributed by atoms with Crippen molar-refractivity contribution in [2.24, 2.45) is 23.7 Å². The largest absolute Gasteiger partial charge is 0.379 e. The number of tetrazole rings is 1. The Bertz CT molecular complexity index is 1560. The molecule has 1 aromatic heterocycles. The molecule has 15 nitrogen and oxygen atoms in total. The second-order valence-electron chi connectivity index (χ2n) is 16.3. The maximum absolute atomic E-state index is 14.3. The molecule has 15 heteroatoms. The first-order valence-electron chi connectivity index (χ1n) is 20.1. The number of methoxy groups -OCH3 is 2. The van der Waals surface area contributed by atoms with Gasteiger partial charge in [-0.15, -0.1) is 10.2 Å². The van der Waals surface area contributed by atoms with E-state index in [-0.39, 0.29) is 54.0 Å². The normalized spacial score (nSPS) is 24.5. The van der Waals surface area contributed by atoms with Gasteiger partial charge in [0.05, 0.1) is 48.7 Å². The van der Waals surface area contributed by atoms with E-state index in [9.17, 15) is 19.2 Å². The van der Waals surface area contributed by atoms with Gasteiger partial charge in [-0.2, -0.15) is 5.21 Å². The molecule has 11 atom stereocenters. The summed E-state index contributed by atoms with van der Waals surface area (Å²) in [4.78, 5) is 59.3. The lowest BCUT2D eigenvalue weighted by atomic mass is 9.89. The minimum absolute atomic E-state index is 0.00435. The van der Waals surface area contributed by atoms with Gasteiger partial charge in [-0.05, 0) is 55.4 Å². The Hall–Kier alpha value is -3.95. The highest BCUT2D eigenvalue weighted by molar-refractivity contribution is 5.90. The molecule has 4 amide bonds. The zero-order valence-corrected chi connectivity index (χ0v) is 33.9. The van der Waals surface area contributed by atoms with E-state index in [0.29, 0.717) is 37.2 Å². The minimum Gasteiger partial charge on any atom is -0.379 e. The van der Waals surface area contributed by atoms with Crippen LogP contribution in [0, 0.1) is 23.7 Å². The smallest absolute Gasteiger partial charge is 0.245 e. The number of fused-ring (bicyclic) bond motifs is 2. The average molecular weight is 766 g/mol. The standard InChI is InChI=1S/C40H63N9O6/c1-9-24(4)35(48(6)40(53)33(23(2)3)43-39(52)34-27-17-18-28(21-27)41-34)31(54-7)22-32(50)49-19-13-16-30(49)36(55-8)25(5)38(51)42-29(37-44-46-47-45-37)20-26-14-11-10-12-15-26/h10-12,14-15,23-25,27-31,33-36,41H,9,13,16-22H2,1-8H3,(H,42,51)(H,43,52)(H,44,45,46,47)/t24-,25+,27-,28+,29-,30-,31-,33-,34-,35-,36+/m0/s1. The average Bonchev–Trinajstić information content (AvgIpc) is 4.03. The summed E-state index contributed by atoms with van der Waals surface area (Å²) < 4.78 is 12.1. The van der Waals surface area contributed by atoms with Gasteiger partial charge in [-0.1, -0.05) is 76.6 Å². The van der Waals surface area contributed by atoms with Crippen LogP contribution in [0.15, 0.2) is 30.3 Å². The lowest BCUT2D eigenvalue weighted by Gasteiger charge is -2.41. The number of carbonyl (C=O) groups excluding carboxylic acids is 4. The zero-order valence-electron chi connectivity index (χ0n) is 33.9. The summed E-state index contributed by atoms with van der Waals surface area (Å²) >= 11 is 0. The summed E-state index contributed by atoms with van der Waals surface area (Å²) in [6, 6.07) is 7.87. The van der Waals surface area contributed by atoms with Crippen LogP contribution in [0.25, 0.3) is 0 Å². The van der Waals surface area contributed by atoms with Crippen LogP contribution in [0.2, 0.25) is 0 Å². The number of nitrogens with one attached hydrogen (secondary N) is 4. The van der Waals surface area contributed by atoms with E-state index in [1.807, 2.05) is 56.0 Å². The first-order chi connectivity index (χ1) is 26.4. The first-order valence-corrected chi connectivity index (χ1v) is 20.1. The van der Waals surface area contributed by atoms with Crippen LogP contribution in [0.4, 0.5) is 0 Å². The van der Waals surface area contributed by atoms with Crippen molar-refractivity contribution >= 4 is 23.6 Å².